The fourth-order valence-corrected chi connectivity index (χ4v) is 3.04. The van der Waals surface area contributed by atoms with E-state index >= 15 is 0 Å². The van der Waals surface area contributed by atoms with Crippen LogP contribution < -0.4 is 10.2 Å². The maximum absolute atomic E-state index is 13.6. The number of rotatable bonds is 3. The van der Waals surface area contributed by atoms with E-state index in [4.69, 9.17) is 0 Å². The average molecular weight is 333 g/mol. The zero-order valence-corrected chi connectivity index (χ0v) is 13.4. The van der Waals surface area contributed by atoms with Gasteiger partial charge in [-0.15, -0.1) is 0 Å². The summed E-state index contributed by atoms with van der Waals surface area (Å²) in [4.78, 5) is 18.7. The molecule has 5 heteroatoms. The molecule has 1 aromatic heterocycles. The second-order valence-corrected chi connectivity index (χ2v) is 5.87. The van der Waals surface area contributed by atoms with Crippen molar-refractivity contribution in [3.05, 3.63) is 83.9 Å². The molecule has 0 saturated carbocycles. The first-order valence-electron chi connectivity index (χ1n) is 8.10. The number of amides is 1. The van der Waals surface area contributed by atoms with Gasteiger partial charge in [-0.25, -0.2) is 9.37 Å². The molecule has 0 bridgehead atoms. The first-order valence-corrected chi connectivity index (χ1v) is 8.10. The molecule has 0 aliphatic carbocycles. The van der Waals surface area contributed by atoms with Crippen LogP contribution in [0.4, 0.5) is 21.5 Å². The van der Waals surface area contributed by atoms with Crippen LogP contribution in [0, 0.1) is 5.82 Å². The zero-order valence-electron chi connectivity index (χ0n) is 13.4. The molecule has 25 heavy (non-hydrogen) atoms. The van der Waals surface area contributed by atoms with Crippen molar-refractivity contribution in [2.75, 3.05) is 16.8 Å². The molecule has 4 rings (SSSR count). The summed E-state index contributed by atoms with van der Waals surface area (Å²) >= 11 is 0. The molecule has 0 atom stereocenters. The first-order chi connectivity index (χ1) is 12.2. The highest BCUT2D eigenvalue weighted by Crippen LogP contribution is 2.33. The maximum Gasteiger partial charge on any atom is 0.274 e. The third-order valence-electron chi connectivity index (χ3n) is 4.30. The minimum Gasteiger partial charge on any atom is -0.340 e. The molecule has 1 amide bonds. The summed E-state index contributed by atoms with van der Waals surface area (Å²) < 4.78 is 13.6. The molecule has 1 aliphatic heterocycles. The summed E-state index contributed by atoms with van der Waals surface area (Å²) in [6.07, 6.45) is 2.67. The van der Waals surface area contributed by atoms with Gasteiger partial charge in [0.05, 0.1) is 17.6 Å². The Morgan fingerprint density at radius 2 is 1.84 bits per heavy atom. The van der Waals surface area contributed by atoms with Gasteiger partial charge in [0.2, 0.25) is 0 Å². The van der Waals surface area contributed by atoms with E-state index in [-0.39, 0.29) is 11.4 Å². The van der Waals surface area contributed by atoms with Crippen molar-refractivity contribution in [1.29, 1.82) is 0 Å². The van der Waals surface area contributed by atoms with Gasteiger partial charge in [0.1, 0.15) is 11.5 Å². The maximum atomic E-state index is 13.6. The molecule has 3 aromatic rings. The summed E-state index contributed by atoms with van der Waals surface area (Å²) in [6.45, 7) is 0.891. The van der Waals surface area contributed by atoms with Gasteiger partial charge in [-0.3, -0.25) is 4.79 Å². The first kappa shape index (κ1) is 15.3. The molecule has 0 spiro atoms. The van der Waals surface area contributed by atoms with Crippen molar-refractivity contribution in [3.8, 4) is 0 Å². The van der Waals surface area contributed by atoms with Gasteiger partial charge in [-0.1, -0.05) is 30.3 Å². The minimum absolute atomic E-state index is 0.145. The molecular formula is C20H16FN3O. The Kier molecular flexibility index (Phi) is 3.90. The number of benzene rings is 2. The standard InChI is InChI=1S/C20H16FN3O/c21-16-6-2-3-7-17(16)23-20(25)18-10-9-15(13-22-18)24-12-11-14-5-1-4-8-19(14)24/h1-10,13H,11-12H2,(H,23,25). The van der Waals surface area contributed by atoms with Gasteiger partial charge < -0.3 is 10.2 Å². The number of nitrogens with zero attached hydrogens (tertiary/aromatic N) is 2. The van der Waals surface area contributed by atoms with E-state index in [0.29, 0.717) is 0 Å². The smallest absolute Gasteiger partial charge is 0.274 e. The van der Waals surface area contributed by atoms with Crippen LogP contribution in [0.15, 0.2) is 66.9 Å². The van der Waals surface area contributed by atoms with Crippen molar-refractivity contribution in [2.45, 2.75) is 6.42 Å². The Labute approximate surface area is 144 Å². The van der Waals surface area contributed by atoms with Crippen LogP contribution in [0.5, 0.6) is 0 Å². The third-order valence-corrected chi connectivity index (χ3v) is 4.30. The van der Waals surface area contributed by atoms with Crippen LogP contribution in [0.1, 0.15) is 16.1 Å². The van der Waals surface area contributed by atoms with E-state index in [1.807, 2.05) is 18.2 Å². The molecule has 1 aliphatic rings. The van der Waals surface area contributed by atoms with Crippen LogP contribution in [-0.2, 0) is 6.42 Å². The number of halogens is 1. The Bertz CT molecular complexity index is 924. The molecule has 4 nitrogen and oxygen atoms in total. The van der Waals surface area contributed by atoms with Gasteiger partial charge in [-0.2, -0.15) is 0 Å². The second-order valence-electron chi connectivity index (χ2n) is 5.87. The fraction of sp³-hybridized carbons (Fsp3) is 0.100. The van der Waals surface area contributed by atoms with Crippen molar-refractivity contribution in [3.63, 3.8) is 0 Å². The van der Waals surface area contributed by atoms with E-state index in [1.165, 1.54) is 23.4 Å². The highest BCUT2D eigenvalue weighted by Gasteiger charge is 2.20. The summed E-state index contributed by atoms with van der Waals surface area (Å²) in [5.41, 5.74) is 3.82. The number of nitrogens with one attached hydrogen (secondary N) is 1. The van der Waals surface area contributed by atoms with E-state index in [0.717, 1.165) is 18.7 Å². The molecule has 124 valence electrons. The number of aromatic nitrogens is 1. The quantitative estimate of drug-likeness (QED) is 0.782. The molecule has 2 aromatic carbocycles. The monoisotopic (exact) mass is 333 g/mol. The van der Waals surface area contributed by atoms with Crippen molar-refractivity contribution in [1.82, 2.24) is 4.98 Å². The van der Waals surface area contributed by atoms with Crippen LogP contribution in [-0.4, -0.2) is 17.4 Å². The topological polar surface area (TPSA) is 45.2 Å². The largest absolute Gasteiger partial charge is 0.340 e. The van der Waals surface area contributed by atoms with E-state index in [2.05, 4.69) is 27.3 Å². The Hall–Kier alpha value is -3.21. The Morgan fingerprint density at radius 3 is 2.64 bits per heavy atom. The number of anilines is 3. The highest BCUT2D eigenvalue weighted by molar-refractivity contribution is 6.03. The molecule has 2 heterocycles. The summed E-state index contributed by atoms with van der Waals surface area (Å²) in [5.74, 6) is -0.903. The fourth-order valence-electron chi connectivity index (χ4n) is 3.04. The number of hydrogen-bond acceptors (Lipinski definition) is 3. The lowest BCUT2D eigenvalue weighted by molar-refractivity contribution is 0.102. The zero-order chi connectivity index (χ0) is 17.2. The lowest BCUT2D eigenvalue weighted by atomic mass is 10.2. The minimum atomic E-state index is -0.471. The van der Waals surface area contributed by atoms with Crippen LogP contribution in [0.2, 0.25) is 0 Å². The predicted molar refractivity (Wildman–Crippen MR) is 95.7 cm³/mol. The second kappa shape index (κ2) is 6.36. The third kappa shape index (κ3) is 2.96. The summed E-state index contributed by atoms with van der Waals surface area (Å²) in [6, 6.07) is 17.8. The number of carbonyl (C=O) groups is 1. The molecule has 0 radical (unpaired) electrons. The molecular weight excluding hydrogens is 317 g/mol. The SMILES string of the molecule is O=C(Nc1ccccc1F)c1ccc(N2CCc3ccccc32)cn1. The van der Waals surface area contributed by atoms with E-state index < -0.39 is 11.7 Å². The highest BCUT2D eigenvalue weighted by atomic mass is 19.1. The Morgan fingerprint density at radius 1 is 1.04 bits per heavy atom. The molecule has 1 N–H and O–H groups in total. The lowest BCUT2D eigenvalue weighted by Crippen LogP contribution is -2.16. The van der Waals surface area contributed by atoms with Crippen LogP contribution in [0.3, 0.4) is 0 Å². The van der Waals surface area contributed by atoms with Crippen LogP contribution in [0.25, 0.3) is 0 Å². The van der Waals surface area contributed by atoms with E-state index in [9.17, 15) is 9.18 Å². The number of hydrogen-bond donors (Lipinski definition) is 1. The van der Waals surface area contributed by atoms with Gasteiger partial charge in [-0.05, 0) is 42.3 Å². The van der Waals surface area contributed by atoms with Crippen molar-refractivity contribution >= 4 is 23.0 Å². The van der Waals surface area contributed by atoms with Crippen molar-refractivity contribution < 1.29 is 9.18 Å². The number of para-hydroxylation sites is 2. The molecule has 0 unspecified atom stereocenters. The number of carbonyl (C=O) groups excluding carboxylic acids is 1. The van der Waals surface area contributed by atoms with Gasteiger partial charge >= 0.3 is 0 Å². The molecule has 0 fully saturated rings. The van der Waals surface area contributed by atoms with Gasteiger partial charge in [0, 0.05) is 12.2 Å². The normalized spacial score (nSPS) is 12.8. The Balaban J connectivity index is 1.53. The molecule has 0 saturated heterocycles. The van der Waals surface area contributed by atoms with Gasteiger partial charge in [0.25, 0.3) is 5.91 Å². The van der Waals surface area contributed by atoms with Gasteiger partial charge in [0.15, 0.2) is 0 Å². The summed E-state index contributed by atoms with van der Waals surface area (Å²) in [5, 5.41) is 2.54. The van der Waals surface area contributed by atoms with Crippen molar-refractivity contribution in [2.24, 2.45) is 0 Å². The van der Waals surface area contributed by atoms with E-state index in [1.54, 1.807) is 24.4 Å². The predicted octanol–water partition coefficient (Wildman–Crippen LogP) is 4.17. The lowest BCUT2D eigenvalue weighted by Gasteiger charge is -2.19. The number of fused-ring (bicyclic) bond motifs is 1. The average Bonchev–Trinajstić information content (AvgIpc) is 3.08. The number of pyridine rings is 1. The van der Waals surface area contributed by atoms with Crippen LogP contribution >= 0.6 is 0 Å². The summed E-state index contributed by atoms with van der Waals surface area (Å²) in [7, 11) is 0.